The van der Waals surface area contributed by atoms with Crippen molar-refractivity contribution >= 4 is 37.1 Å². The van der Waals surface area contributed by atoms with Gasteiger partial charge >= 0.3 is 6.09 Å². The van der Waals surface area contributed by atoms with Gasteiger partial charge in [-0.15, -0.1) is 0 Å². The average molecular weight is 471 g/mol. The molecule has 0 bridgehead atoms. The quantitative estimate of drug-likeness (QED) is 0.248. The van der Waals surface area contributed by atoms with E-state index in [2.05, 4.69) is 40.4 Å². The van der Waals surface area contributed by atoms with E-state index in [0.717, 1.165) is 11.6 Å². The van der Waals surface area contributed by atoms with Gasteiger partial charge in [-0.1, -0.05) is 31.8 Å². The predicted octanol–water partition coefficient (Wildman–Crippen LogP) is 3.24. The topological polar surface area (TPSA) is 133 Å². The lowest BCUT2D eigenvalue weighted by Gasteiger charge is -2.15. The summed E-state index contributed by atoms with van der Waals surface area (Å²) in [7, 11) is 0.225. The zero-order valence-corrected chi connectivity index (χ0v) is 20.3. The third-order valence-electron chi connectivity index (χ3n) is 4.92. The van der Waals surface area contributed by atoms with Gasteiger partial charge in [0.1, 0.15) is 11.8 Å². The molecule has 11 heteroatoms. The highest BCUT2D eigenvalue weighted by molar-refractivity contribution is 6.76. The molecule has 0 aliphatic rings. The minimum Gasteiger partial charge on any atom is -0.450 e. The maximum Gasteiger partial charge on any atom is 0.412 e. The van der Waals surface area contributed by atoms with E-state index >= 15 is 0 Å². The number of fused-ring (bicyclic) bond motifs is 1. The van der Waals surface area contributed by atoms with Crippen molar-refractivity contribution in [1.29, 1.82) is 0 Å². The number of nitrogens with two attached hydrogens (primary N) is 1. The number of carbonyl (C=O) groups excluding carboxylic acids is 2. The van der Waals surface area contributed by atoms with Crippen LogP contribution in [0.15, 0.2) is 36.8 Å². The third-order valence-corrected chi connectivity index (χ3v) is 6.62. The largest absolute Gasteiger partial charge is 0.450 e. The summed E-state index contributed by atoms with van der Waals surface area (Å²) in [5.74, 6) is -0.0567. The van der Waals surface area contributed by atoms with Gasteiger partial charge in [0.2, 0.25) is 0 Å². The SMILES string of the molecule is COCCNC(=O)c1cn2ncnc(NC(=O)OCC[Si](C)(C)C)c2c1-c1ccc(N)cc1. The summed E-state index contributed by atoms with van der Waals surface area (Å²) in [6, 6.07) is 7.95. The van der Waals surface area contributed by atoms with Gasteiger partial charge in [0, 0.05) is 39.2 Å². The van der Waals surface area contributed by atoms with Gasteiger partial charge in [-0.2, -0.15) is 5.10 Å². The number of hydrogen-bond donors (Lipinski definition) is 3. The first-order valence-electron chi connectivity index (χ1n) is 10.6. The number of rotatable bonds is 9. The number of hydrogen-bond acceptors (Lipinski definition) is 7. The number of methoxy groups -OCH3 is 1. The van der Waals surface area contributed by atoms with Gasteiger partial charge in [-0.25, -0.2) is 14.3 Å². The Morgan fingerprint density at radius 1 is 1.15 bits per heavy atom. The van der Waals surface area contributed by atoms with Crippen molar-refractivity contribution in [2.45, 2.75) is 25.7 Å². The van der Waals surface area contributed by atoms with Crippen molar-refractivity contribution in [2.75, 3.05) is 37.9 Å². The van der Waals surface area contributed by atoms with Crippen molar-refractivity contribution in [3.8, 4) is 11.1 Å². The van der Waals surface area contributed by atoms with E-state index in [0.29, 0.717) is 42.1 Å². The fourth-order valence-electron chi connectivity index (χ4n) is 3.16. The van der Waals surface area contributed by atoms with Crippen LogP contribution in [0.5, 0.6) is 0 Å². The van der Waals surface area contributed by atoms with E-state index in [4.69, 9.17) is 15.2 Å². The van der Waals surface area contributed by atoms with Crippen LogP contribution in [0.3, 0.4) is 0 Å². The summed E-state index contributed by atoms with van der Waals surface area (Å²) in [4.78, 5) is 29.7. The van der Waals surface area contributed by atoms with E-state index in [-0.39, 0.29) is 11.7 Å². The van der Waals surface area contributed by atoms with Gasteiger partial charge in [-0.3, -0.25) is 10.1 Å². The second-order valence-corrected chi connectivity index (χ2v) is 14.4. The Morgan fingerprint density at radius 3 is 2.55 bits per heavy atom. The first kappa shape index (κ1) is 24.2. The van der Waals surface area contributed by atoms with Crippen LogP contribution in [0.2, 0.25) is 25.7 Å². The molecule has 176 valence electrons. The van der Waals surface area contributed by atoms with Crippen molar-refractivity contribution in [1.82, 2.24) is 19.9 Å². The summed E-state index contributed by atoms with van der Waals surface area (Å²) >= 11 is 0. The standard InChI is InChI=1S/C22H30N6O4Si/c1-31-10-9-24-21(29)17-13-28-19(18(17)15-5-7-16(23)8-6-15)20(25-14-26-28)27-22(30)32-11-12-33(2,3)4/h5-8,13-14H,9-12,23H2,1-4H3,(H,24,29)(H,25,26,27,30). The molecule has 1 aromatic carbocycles. The molecule has 2 aromatic heterocycles. The van der Waals surface area contributed by atoms with Crippen LogP contribution in [0.25, 0.3) is 16.6 Å². The van der Waals surface area contributed by atoms with Crippen LogP contribution < -0.4 is 16.4 Å². The molecular weight excluding hydrogens is 440 g/mol. The lowest BCUT2D eigenvalue weighted by Crippen LogP contribution is -2.27. The van der Waals surface area contributed by atoms with E-state index in [1.54, 1.807) is 37.6 Å². The number of carbonyl (C=O) groups is 2. The molecule has 4 N–H and O–H groups in total. The first-order valence-corrected chi connectivity index (χ1v) is 14.3. The van der Waals surface area contributed by atoms with Gasteiger partial charge in [-0.05, 0) is 23.7 Å². The molecule has 0 spiro atoms. The molecule has 3 aromatic rings. The maximum atomic E-state index is 13.0. The smallest absolute Gasteiger partial charge is 0.412 e. The second kappa shape index (κ2) is 10.4. The molecule has 3 rings (SSSR count). The van der Waals surface area contributed by atoms with Gasteiger partial charge in [0.15, 0.2) is 5.82 Å². The molecule has 2 heterocycles. The maximum absolute atomic E-state index is 13.0. The summed E-state index contributed by atoms with van der Waals surface area (Å²) in [6.07, 6.45) is 2.31. The zero-order chi connectivity index (χ0) is 24.0. The van der Waals surface area contributed by atoms with Crippen molar-refractivity contribution in [2.24, 2.45) is 0 Å². The van der Waals surface area contributed by atoms with Crippen LogP contribution in [0.4, 0.5) is 16.3 Å². The molecule has 0 aliphatic heterocycles. The van der Waals surface area contributed by atoms with Crippen LogP contribution in [0, 0.1) is 0 Å². The van der Waals surface area contributed by atoms with Crippen molar-refractivity contribution in [3.63, 3.8) is 0 Å². The van der Waals surface area contributed by atoms with E-state index in [1.165, 1.54) is 10.8 Å². The Morgan fingerprint density at radius 2 is 1.88 bits per heavy atom. The Bertz CT molecular complexity index is 1120. The summed E-state index contributed by atoms with van der Waals surface area (Å²) in [5.41, 5.74) is 8.60. The second-order valence-electron chi connectivity index (χ2n) is 8.76. The van der Waals surface area contributed by atoms with E-state index in [9.17, 15) is 9.59 Å². The first-order chi connectivity index (χ1) is 15.7. The summed E-state index contributed by atoms with van der Waals surface area (Å²) < 4.78 is 11.9. The normalized spacial score (nSPS) is 11.4. The monoisotopic (exact) mass is 470 g/mol. The highest BCUT2D eigenvalue weighted by atomic mass is 28.3. The Balaban J connectivity index is 1.99. The molecule has 0 radical (unpaired) electrons. The van der Waals surface area contributed by atoms with Crippen LogP contribution >= 0.6 is 0 Å². The molecule has 0 atom stereocenters. The Kier molecular flexibility index (Phi) is 7.66. The number of anilines is 2. The lowest BCUT2D eigenvalue weighted by atomic mass is 10.0. The highest BCUT2D eigenvalue weighted by Gasteiger charge is 2.23. The van der Waals surface area contributed by atoms with Crippen LogP contribution in [-0.2, 0) is 9.47 Å². The predicted molar refractivity (Wildman–Crippen MR) is 130 cm³/mol. The number of aromatic nitrogens is 3. The number of ether oxygens (including phenoxy) is 2. The molecule has 0 fully saturated rings. The number of nitrogens with one attached hydrogen (secondary N) is 2. The molecule has 10 nitrogen and oxygen atoms in total. The van der Waals surface area contributed by atoms with Gasteiger partial charge < -0.3 is 20.5 Å². The number of amides is 2. The number of nitrogen functional groups attached to an aromatic ring is 1. The number of nitrogens with zero attached hydrogens (tertiary/aromatic N) is 3. The van der Waals surface area contributed by atoms with Crippen LogP contribution in [-0.4, -0.2) is 61.5 Å². The van der Waals surface area contributed by atoms with Crippen molar-refractivity contribution < 1.29 is 19.1 Å². The molecule has 0 aliphatic carbocycles. The van der Waals surface area contributed by atoms with Crippen molar-refractivity contribution in [3.05, 3.63) is 42.4 Å². The number of benzene rings is 1. The third kappa shape index (κ3) is 6.30. The minimum absolute atomic E-state index is 0.241. The Labute approximate surface area is 193 Å². The van der Waals surface area contributed by atoms with Crippen LogP contribution in [0.1, 0.15) is 10.4 Å². The zero-order valence-electron chi connectivity index (χ0n) is 19.3. The molecule has 0 unspecified atom stereocenters. The molecule has 0 saturated carbocycles. The molecule has 2 amide bonds. The highest BCUT2D eigenvalue weighted by Crippen LogP contribution is 2.33. The van der Waals surface area contributed by atoms with E-state index in [1.807, 2.05) is 0 Å². The molecule has 33 heavy (non-hydrogen) atoms. The summed E-state index contributed by atoms with van der Waals surface area (Å²) in [6.45, 7) is 7.69. The van der Waals surface area contributed by atoms with Gasteiger partial charge in [0.25, 0.3) is 5.91 Å². The molecular formula is C22H30N6O4Si. The Hall–Kier alpha value is -3.44. The fourth-order valence-corrected chi connectivity index (χ4v) is 3.88. The van der Waals surface area contributed by atoms with Gasteiger partial charge in [0.05, 0.1) is 18.8 Å². The average Bonchev–Trinajstić information content (AvgIpc) is 3.14. The minimum atomic E-state index is -1.34. The van der Waals surface area contributed by atoms with E-state index < -0.39 is 14.2 Å². The fraction of sp³-hybridized carbons (Fsp3) is 0.364. The lowest BCUT2D eigenvalue weighted by molar-refractivity contribution is 0.0937. The molecule has 0 saturated heterocycles. The summed E-state index contributed by atoms with van der Waals surface area (Å²) in [5, 5.41) is 9.77.